The van der Waals surface area contributed by atoms with Crippen molar-refractivity contribution in [2.24, 2.45) is 5.92 Å². The lowest BCUT2D eigenvalue weighted by Crippen LogP contribution is -2.48. The maximum atomic E-state index is 11.7. The van der Waals surface area contributed by atoms with Crippen LogP contribution in [-0.2, 0) is 4.79 Å². The van der Waals surface area contributed by atoms with Crippen LogP contribution in [0.25, 0.3) is 0 Å². The van der Waals surface area contributed by atoms with E-state index in [4.69, 9.17) is 23.2 Å². The van der Waals surface area contributed by atoms with E-state index in [2.05, 4.69) is 4.90 Å². The van der Waals surface area contributed by atoms with Crippen LogP contribution < -0.4 is 0 Å². The number of benzene rings is 1. The third-order valence-electron chi connectivity index (χ3n) is 4.93. The molecule has 3 rings (SSSR count). The molecule has 1 N–H and O–H groups in total. The zero-order chi connectivity index (χ0) is 14.4. The fourth-order valence-electron chi connectivity index (χ4n) is 3.89. The number of piperidine rings is 1. The Hall–Kier alpha value is -0.770. The number of hydrogen-bond acceptors (Lipinski definition) is 2. The van der Waals surface area contributed by atoms with Crippen molar-refractivity contribution in [1.82, 2.24) is 4.90 Å². The summed E-state index contributed by atoms with van der Waals surface area (Å²) in [6, 6.07) is 6.12. The Morgan fingerprint density at radius 2 is 2.05 bits per heavy atom. The van der Waals surface area contributed by atoms with Gasteiger partial charge in [0.15, 0.2) is 0 Å². The van der Waals surface area contributed by atoms with E-state index in [9.17, 15) is 9.90 Å². The summed E-state index contributed by atoms with van der Waals surface area (Å²) in [5, 5.41) is 10.7. The Morgan fingerprint density at radius 3 is 2.70 bits per heavy atom. The van der Waals surface area contributed by atoms with Gasteiger partial charge in [0.2, 0.25) is 0 Å². The van der Waals surface area contributed by atoms with E-state index in [0.717, 1.165) is 24.8 Å². The second-order valence-electron chi connectivity index (χ2n) is 5.84. The molecule has 5 heteroatoms. The van der Waals surface area contributed by atoms with Gasteiger partial charge in [-0.25, -0.2) is 0 Å². The summed E-state index contributed by atoms with van der Waals surface area (Å²) in [6.07, 6.45) is 2.93. The van der Waals surface area contributed by atoms with Crippen LogP contribution in [0.3, 0.4) is 0 Å². The Morgan fingerprint density at radius 1 is 1.30 bits per heavy atom. The van der Waals surface area contributed by atoms with Gasteiger partial charge in [-0.15, -0.1) is 0 Å². The molecular weight excluding hydrogens is 297 g/mol. The number of hydrogen-bond donors (Lipinski definition) is 1. The number of carboxylic acids is 1. The van der Waals surface area contributed by atoms with E-state index in [1.165, 1.54) is 0 Å². The molecule has 2 aliphatic heterocycles. The molecule has 3 nitrogen and oxygen atoms in total. The van der Waals surface area contributed by atoms with Gasteiger partial charge in [0, 0.05) is 18.0 Å². The summed E-state index contributed by atoms with van der Waals surface area (Å²) in [5.74, 6) is -1.05. The number of carbonyl (C=O) groups is 1. The van der Waals surface area contributed by atoms with Crippen LogP contribution in [0.5, 0.6) is 0 Å². The number of fused-ring (bicyclic) bond motifs is 2. The fourth-order valence-corrected chi connectivity index (χ4v) is 4.20. The summed E-state index contributed by atoms with van der Waals surface area (Å²) in [6.45, 7) is 0. The highest BCUT2D eigenvalue weighted by Gasteiger charge is 2.49. The van der Waals surface area contributed by atoms with Gasteiger partial charge in [-0.2, -0.15) is 0 Å². The topological polar surface area (TPSA) is 40.5 Å². The minimum atomic E-state index is -0.710. The highest BCUT2D eigenvalue weighted by molar-refractivity contribution is 6.42. The van der Waals surface area contributed by atoms with Gasteiger partial charge in [0.1, 0.15) is 0 Å². The fraction of sp³-hybridized carbons (Fsp3) is 0.533. The first kappa shape index (κ1) is 14.2. The Kier molecular flexibility index (Phi) is 3.69. The van der Waals surface area contributed by atoms with Gasteiger partial charge >= 0.3 is 5.97 Å². The highest BCUT2D eigenvalue weighted by Crippen LogP contribution is 2.46. The predicted octanol–water partition coefficient (Wildman–Crippen LogP) is 3.64. The maximum absolute atomic E-state index is 11.7. The Labute approximate surface area is 128 Å². The highest BCUT2D eigenvalue weighted by atomic mass is 35.5. The molecule has 2 bridgehead atoms. The molecule has 0 aromatic heterocycles. The molecule has 4 atom stereocenters. The first-order valence-electron chi connectivity index (χ1n) is 6.88. The zero-order valence-corrected chi connectivity index (χ0v) is 12.7. The van der Waals surface area contributed by atoms with Crippen molar-refractivity contribution in [3.05, 3.63) is 33.8 Å². The molecule has 108 valence electrons. The van der Waals surface area contributed by atoms with Crippen LogP contribution in [0.2, 0.25) is 10.0 Å². The largest absolute Gasteiger partial charge is 0.481 e. The third kappa shape index (κ3) is 2.22. The van der Waals surface area contributed by atoms with Crippen LogP contribution in [0.4, 0.5) is 0 Å². The minimum absolute atomic E-state index is 0.0240. The van der Waals surface area contributed by atoms with Crippen molar-refractivity contribution in [2.75, 3.05) is 7.05 Å². The standard InChI is InChI=1S/C15H17Cl2NO2/c1-18-9-3-5-13(18)14(15(19)20)10(7-9)8-2-4-11(16)12(17)6-8/h2,4,6,9-10,13-14H,3,5,7H2,1H3,(H,19,20)/t9-,10+,13+,14+/m0/s1. The summed E-state index contributed by atoms with van der Waals surface area (Å²) in [5.41, 5.74) is 0.997. The van der Waals surface area contributed by atoms with E-state index in [1.54, 1.807) is 6.07 Å². The smallest absolute Gasteiger partial charge is 0.308 e. The van der Waals surface area contributed by atoms with Crippen LogP contribution in [0.15, 0.2) is 18.2 Å². The molecule has 0 spiro atoms. The third-order valence-corrected chi connectivity index (χ3v) is 5.66. The van der Waals surface area contributed by atoms with Crippen molar-refractivity contribution in [1.29, 1.82) is 0 Å². The zero-order valence-electron chi connectivity index (χ0n) is 11.2. The molecule has 0 unspecified atom stereocenters. The molecule has 20 heavy (non-hydrogen) atoms. The van der Waals surface area contributed by atoms with E-state index < -0.39 is 5.97 Å². The number of aliphatic carboxylic acids is 1. The number of nitrogens with zero attached hydrogens (tertiary/aromatic N) is 1. The van der Waals surface area contributed by atoms with Crippen LogP contribution in [0, 0.1) is 5.92 Å². The second kappa shape index (κ2) is 5.21. The molecule has 2 fully saturated rings. The van der Waals surface area contributed by atoms with Crippen molar-refractivity contribution in [3.63, 3.8) is 0 Å². The lowest BCUT2D eigenvalue weighted by molar-refractivity contribution is -0.146. The lowest BCUT2D eigenvalue weighted by Gasteiger charge is -2.41. The molecule has 0 saturated carbocycles. The quantitative estimate of drug-likeness (QED) is 0.906. The lowest BCUT2D eigenvalue weighted by atomic mass is 9.76. The molecule has 1 aromatic carbocycles. The average molecular weight is 314 g/mol. The first-order chi connectivity index (χ1) is 9.49. The molecule has 2 saturated heterocycles. The molecule has 2 heterocycles. The van der Waals surface area contributed by atoms with Gasteiger partial charge < -0.3 is 5.11 Å². The SMILES string of the molecule is CN1[C@H]2CC[C@@H]1[C@H](C(=O)O)[C@@H](c1ccc(Cl)c(Cl)c1)C2. The number of carboxylic acid groups (broad SMARTS) is 1. The molecule has 1 aromatic rings. The van der Waals surface area contributed by atoms with Crippen molar-refractivity contribution < 1.29 is 9.90 Å². The van der Waals surface area contributed by atoms with Gasteiger partial charge in [0.25, 0.3) is 0 Å². The maximum Gasteiger partial charge on any atom is 0.308 e. The predicted molar refractivity (Wildman–Crippen MR) is 79.5 cm³/mol. The average Bonchev–Trinajstić information content (AvgIpc) is 2.63. The Bertz CT molecular complexity index is 549. The molecule has 2 aliphatic rings. The van der Waals surface area contributed by atoms with E-state index in [0.29, 0.717) is 16.1 Å². The van der Waals surface area contributed by atoms with Gasteiger partial charge in [-0.3, -0.25) is 9.69 Å². The normalized spacial score (nSPS) is 33.4. The van der Waals surface area contributed by atoms with Crippen LogP contribution in [0.1, 0.15) is 30.7 Å². The van der Waals surface area contributed by atoms with Crippen molar-refractivity contribution >= 4 is 29.2 Å². The second-order valence-corrected chi connectivity index (χ2v) is 6.66. The van der Waals surface area contributed by atoms with Gasteiger partial charge in [-0.05, 0) is 44.0 Å². The van der Waals surface area contributed by atoms with E-state index >= 15 is 0 Å². The van der Waals surface area contributed by atoms with Crippen molar-refractivity contribution in [2.45, 2.75) is 37.3 Å². The Balaban J connectivity index is 1.98. The monoisotopic (exact) mass is 313 g/mol. The van der Waals surface area contributed by atoms with E-state index in [1.807, 2.05) is 19.2 Å². The first-order valence-corrected chi connectivity index (χ1v) is 7.64. The van der Waals surface area contributed by atoms with Crippen LogP contribution in [-0.4, -0.2) is 35.1 Å². The van der Waals surface area contributed by atoms with Gasteiger partial charge in [0.05, 0.1) is 16.0 Å². The summed E-state index contributed by atoms with van der Waals surface area (Å²) in [4.78, 5) is 14.0. The molecule has 0 radical (unpaired) electrons. The summed E-state index contributed by atoms with van der Waals surface area (Å²) in [7, 11) is 2.04. The van der Waals surface area contributed by atoms with Gasteiger partial charge in [-0.1, -0.05) is 29.3 Å². The molecular formula is C15H17Cl2NO2. The summed E-state index contributed by atoms with van der Waals surface area (Å²) >= 11 is 12.0. The van der Waals surface area contributed by atoms with Crippen molar-refractivity contribution in [3.8, 4) is 0 Å². The molecule has 0 aliphatic carbocycles. The van der Waals surface area contributed by atoms with Crippen LogP contribution >= 0.6 is 23.2 Å². The number of rotatable bonds is 2. The van der Waals surface area contributed by atoms with E-state index in [-0.39, 0.29) is 17.9 Å². The minimum Gasteiger partial charge on any atom is -0.481 e. The molecule has 0 amide bonds. The number of halogens is 2. The summed E-state index contributed by atoms with van der Waals surface area (Å²) < 4.78 is 0.